The van der Waals surface area contributed by atoms with Crippen LogP contribution in [0.3, 0.4) is 0 Å². The predicted octanol–water partition coefficient (Wildman–Crippen LogP) is 2.26. The standard InChI is InChI=1S/C13H10N2O/c16-14-8-7-13-11(10-14)6-9-15(13)12-4-2-1-3-5-12/h1-10H. The molecule has 0 N–H and O–H groups in total. The minimum absolute atomic E-state index is 0.817. The summed E-state index contributed by atoms with van der Waals surface area (Å²) in [7, 11) is 0. The van der Waals surface area contributed by atoms with E-state index in [4.69, 9.17) is 0 Å². The van der Waals surface area contributed by atoms with Crippen LogP contribution in [0.15, 0.2) is 61.1 Å². The molecule has 0 radical (unpaired) electrons. The summed E-state index contributed by atoms with van der Waals surface area (Å²) in [5.41, 5.74) is 2.14. The van der Waals surface area contributed by atoms with Crippen LogP contribution in [-0.4, -0.2) is 4.57 Å². The highest BCUT2D eigenvalue weighted by Gasteiger charge is 2.04. The largest absolute Gasteiger partial charge is 0.619 e. The maximum atomic E-state index is 11.1. The lowest BCUT2D eigenvalue weighted by atomic mass is 10.3. The number of rotatable bonds is 1. The minimum Gasteiger partial charge on any atom is -0.619 e. The molecule has 0 unspecified atom stereocenters. The summed E-state index contributed by atoms with van der Waals surface area (Å²) in [5.74, 6) is 0. The minimum atomic E-state index is 0.817. The number of aromatic nitrogens is 2. The molecular formula is C13H10N2O. The lowest BCUT2D eigenvalue weighted by Gasteiger charge is -2.04. The van der Waals surface area contributed by atoms with Crippen molar-refractivity contribution in [2.24, 2.45) is 0 Å². The van der Waals surface area contributed by atoms with Crippen LogP contribution >= 0.6 is 0 Å². The molecule has 0 bridgehead atoms. The third kappa shape index (κ3) is 1.34. The molecule has 3 nitrogen and oxygen atoms in total. The molecule has 0 atom stereocenters. The second-order valence-electron chi connectivity index (χ2n) is 3.67. The Kier molecular flexibility index (Phi) is 1.90. The number of hydrogen-bond donors (Lipinski definition) is 0. The van der Waals surface area contributed by atoms with Gasteiger partial charge in [0.2, 0.25) is 0 Å². The van der Waals surface area contributed by atoms with Crippen molar-refractivity contribution in [2.45, 2.75) is 0 Å². The Morgan fingerprint density at radius 2 is 1.81 bits per heavy atom. The van der Waals surface area contributed by atoms with Crippen molar-refractivity contribution < 1.29 is 4.73 Å². The summed E-state index contributed by atoms with van der Waals surface area (Å²) < 4.78 is 2.88. The molecule has 3 heteroatoms. The molecule has 1 aromatic carbocycles. The van der Waals surface area contributed by atoms with E-state index in [2.05, 4.69) is 4.57 Å². The van der Waals surface area contributed by atoms with Gasteiger partial charge in [0.15, 0.2) is 12.4 Å². The zero-order valence-corrected chi connectivity index (χ0v) is 8.58. The summed E-state index contributed by atoms with van der Waals surface area (Å²) in [6, 6.07) is 13.8. The molecule has 0 amide bonds. The summed E-state index contributed by atoms with van der Waals surface area (Å²) >= 11 is 0. The lowest BCUT2D eigenvalue weighted by molar-refractivity contribution is -0.603. The Hall–Kier alpha value is -2.29. The average Bonchev–Trinajstić information content (AvgIpc) is 2.73. The molecule has 2 heterocycles. The summed E-state index contributed by atoms with van der Waals surface area (Å²) in [5, 5.41) is 12.1. The van der Waals surface area contributed by atoms with E-state index in [0.717, 1.165) is 21.3 Å². The van der Waals surface area contributed by atoms with Crippen molar-refractivity contribution in [1.82, 2.24) is 4.57 Å². The van der Waals surface area contributed by atoms with Crippen LogP contribution in [0.1, 0.15) is 0 Å². The third-order valence-electron chi connectivity index (χ3n) is 2.64. The fourth-order valence-corrected chi connectivity index (χ4v) is 1.88. The highest BCUT2D eigenvalue weighted by molar-refractivity contribution is 5.80. The number of nitrogens with zero attached hydrogens (tertiary/aromatic N) is 2. The van der Waals surface area contributed by atoms with Crippen LogP contribution in [0, 0.1) is 5.21 Å². The molecule has 0 saturated heterocycles. The van der Waals surface area contributed by atoms with Gasteiger partial charge in [-0.15, -0.1) is 0 Å². The molecule has 16 heavy (non-hydrogen) atoms. The SMILES string of the molecule is [O-][n+]1ccc2c(ccn2-c2ccccc2)c1. The van der Waals surface area contributed by atoms with Crippen molar-refractivity contribution in [2.75, 3.05) is 0 Å². The molecule has 0 fully saturated rings. The van der Waals surface area contributed by atoms with E-state index in [9.17, 15) is 5.21 Å². The Labute approximate surface area is 92.8 Å². The quantitative estimate of drug-likeness (QED) is 0.448. The highest BCUT2D eigenvalue weighted by Crippen LogP contribution is 2.18. The number of hydrogen-bond acceptors (Lipinski definition) is 1. The van der Waals surface area contributed by atoms with Crippen LogP contribution in [0.2, 0.25) is 0 Å². The van der Waals surface area contributed by atoms with Crippen LogP contribution < -0.4 is 4.73 Å². The van der Waals surface area contributed by atoms with E-state index < -0.39 is 0 Å². The van der Waals surface area contributed by atoms with E-state index in [1.807, 2.05) is 48.7 Å². The number of pyridine rings is 1. The Balaban J connectivity index is 2.26. The normalized spacial score (nSPS) is 10.8. The smallest absolute Gasteiger partial charge is 0.189 e. The first-order valence-corrected chi connectivity index (χ1v) is 5.10. The third-order valence-corrected chi connectivity index (χ3v) is 2.64. The van der Waals surface area contributed by atoms with Gasteiger partial charge in [-0.05, 0) is 18.2 Å². The zero-order valence-electron chi connectivity index (χ0n) is 8.58. The maximum Gasteiger partial charge on any atom is 0.189 e. The average molecular weight is 210 g/mol. The van der Waals surface area contributed by atoms with Gasteiger partial charge < -0.3 is 9.77 Å². The van der Waals surface area contributed by atoms with Crippen molar-refractivity contribution >= 4 is 10.9 Å². The molecule has 2 aromatic heterocycles. The van der Waals surface area contributed by atoms with E-state index in [1.54, 1.807) is 6.20 Å². The van der Waals surface area contributed by atoms with E-state index in [-0.39, 0.29) is 0 Å². The Bertz CT molecular complexity index is 629. The topological polar surface area (TPSA) is 31.9 Å². The Morgan fingerprint density at radius 3 is 2.62 bits per heavy atom. The first-order valence-electron chi connectivity index (χ1n) is 5.10. The van der Waals surface area contributed by atoms with E-state index in [0.29, 0.717) is 0 Å². The van der Waals surface area contributed by atoms with Crippen molar-refractivity contribution in [1.29, 1.82) is 0 Å². The molecule has 78 valence electrons. The molecule has 0 saturated carbocycles. The first kappa shape index (κ1) is 8.97. The molecule has 0 spiro atoms. The second kappa shape index (κ2) is 3.38. The van der Waals surface area contributed by atoms with Crippen LogP contribution in [-0.2, 0) is 0 Å². The zero-order chi connectivity index (χ0) is 11.0. The Morgan fingerprint density at radius 1 is 1.00 bits per heavy atom. The maximum absolute atomic E-state index is 11.1. The molecule has 3 aromatic rings. The van der Waals surface area contributed by atoms with Gasteiger partial charge in [-0.2, -0.15) is 4.73 Å². The number of fused-ring (bicyclic) bond motifs is 1. The van der Waals surface area contributed by atoms with Gasteiger partial charge in [-0.3, -0.25) is 0 Å². The molecule has 3 rings (SSSR count). The monoisotopic (exact) mass is 210 g/mol. The second-order valence-corrected chi connectivity index (χ2v) is 3.67. The van der Waals surface area contributed by atoms with Gasteiger partial charge in [0, 0.05) is 18.0 Å². The summed E-state index contributed by atoms with van der Waals surface area (Å²) in [6.07, 6.45) is 5.07. The van der Waals surface area contributed by atoms with Crippen molar-refractivity contribution in [3.8, 4) is 5.69 Å². The van der Waals surface area contributed by atoms with Gasteiger partial charge in [-0.25, -0.2) is 0 Å². The summed E-state index contributed by atoms with van der Waals surface area (Å²) in [4.78, 5) is 0. The fraction of sp³-hybridized carbons (Fsp3) is 0. The van der Waals surface area contributed by atoms with Gasteiger partial charge in [0.25, 0.3) is 0 Å². The molecule has 0 aliphatic carbocycles. The van der Waals surface area contributed by atoms with Crippen molar-refractivity contribution in [3.63, 3.8) is 0 Å². The lowest BCUT2D eigenvalue weighted by Crippen LogP contribution is -2.23. The van der Waals surface area contributed by atoms with Crippen LogP contribution in [0.4, 0.5) is 0 Å². The molecule has 0 aliphatic rings. The summed E-state index contributed by atoms with van der Waals surface area (Å²) in [6.45, 7) is 0. The van der Waals surface area contributed by atoms with E-state index >= 15 is 0 Å². The van der Waals surface area contributed by atoms with Gasteiger partial charge in [0.1, 0.15) is 0 Å². The highest BCUT2D eigenvalue weighted by atomic mass is 16.5. The number of para-hydroxylation sites is 1. The van der Waals surface area contributed by atoms with E-state index in [1.165, 1.54) is 6.20 Å². The number of benzene rings is 1. The first-order chi connectivity index (χ1) is 7.84. The molecule has 0 aliphatic heterocycles. The predicted molar refractivity (Wildman–Crippen MR) is 62.2 cm³/mol. The van der Waals surface area contributed by atoms with Crippen LogP contribution in [0.5, 0.6) is 0 Å². The fourth-order valence-electron chi connectivity index (χ4n) is 1.88. The van der Waals surface area contributed by atoms with Crippen LogP contribution in [0.25, 0.3) is 16.6 Å². The van der Waals surface area contributed by atoms with Gasteiger partial charge in [0.05, 0.1) is 10.9 Å². The molecular weight excluding hydrogens is 200 g/mol. The van der Waals surface area contributed by atoms with Gasteiger partial charge >= 0.3 is 0 Å². The van der Waals surface area contributed by atoms with Gasteiger partial charge in [-0.1, -0.05) is 18.2 Å². The van der Waals surface area contributed by atoms with Crippen molar-refractivity contribution in [3.05, 3.63) is 66.3 Å².